The smallest absolute Gasteiger partial charge is 0.0711 e. The van der Waals surface area contributed by atoms with Gasteiger partial charge in [-0.25, -0.2) is 0 Å². The van der Waals surface area contributed by atoms with Gasteiger partial charge in [-0.1, -0.05) is 73.1 Å². The van der Waals surface area contributed by atoms with E-state index in [2.05, 4.69) is 53.3 Å². The molecule has 0 bridgehead atoms. The van der Waals surface area contributed by atoms with Crippen molar-refractivity contribution >= 4 is 19.9 Å². The maximum atomic E-state index is 7.04. The van der Waals surface area contributed by atoms with Gasteiger partial charge < -0.3 is 4.52 Å². The monoisotopic (exact) mass is 386 g/mol. The van der Waals surface area contributed by atoms with Crippen molar-refractivity contribution in [3.63, 3.8) is 0 Å². The number of hydrogen-bond acceptors (Lipinski definition) is 2. The van der Waals surface area contributed by atoms with Gasteiger partial charge in [0.05, 0.1) is 6.10 Å². The molecule has 3 heteroatoms. The fourth-order valence-electron chi connectivity index (χ4n) is 4.58. The van der Waals surface area contributed by atoms with Gasteiger partial charge in [-0.3, -0.25) is 0 Å². The Morgan fingerprint density at radius 3 is 1.60 bits per heavy atom. The molecule has 2 saturated carbocycles. The lowest BCUT2D eigenvalue weighted by molar-refractivity contribution is 0.211. The molecule has 2 aliphatic rings. The third kappa shape index (κ3) is 7.34. The second kappa shape index (κ2) is 10.3. The summed E-state index contributed by atoms with van der Waals surface area (Å²) < 4.78 is 7.35. The number of hydrogen-bond donors (Lipinski definition) is 0. The van der Waals surface area contributed by atoms with Crippen LogP contribution in [-0.2, 0) is 4.52 Å². The summed E-state index contributed by atoms with van der Waals surface area (Å²) in [7, 11) is -0.249. The van der Waals surface area contributed by atoms with Crippen LogP contribution in [0, 0.1) is 5.92 Å². The van der Waals surface area contributed by atoms with Crippen molar-refractivity contribution in [2.24, 2.45) is 5.92 Å². The predicted molar refractivity (Wildman–Crippen MR) is 117 cm³/mol. The fraction of sp³-hybridized carbons (Fsp3) is 1.00. The molecule has 0 spiro atoms. The third-order valence-electron chi connectivity index (χ3n) is 5.77. The highest BCUT2D eigenvalue weighted by Crippen LogP contribution is 2.58. The van der Waals surface area contributed by atoms with Crippen LogP contribution in [0.3, 0.4) is 0 Å². The van der Waals surface area contributed by atoms with Crippen molar-refractivity contribution in [2.45, 2.75) is 133 Å². The Bertz CT molecular complexity index is 349. The zero-order chi connectivity index (χ0) is 18.4. The number of thioether (sulfide) groups is 1. The molecule has 148 valence electrons. The minimum absolute atomic E-state index is 0.249. The van der Waals surface area contributed by atoms with Crippen LogP contribution in [-0.4, -0.2) is 27.4 Å². The standard InChI is InChI=1S/C22H43OPS/c1-17(2)21(25-22(4,5)6)18(3)23-24(19-13-9-7-10-14-19)20-15-11-8-12-16-20/h17-21H,7-16H2,1-6H3/t18-,21-/m1/s1. The van der Waals surface area contributed by atoms with Crippen LogP contribution >= 0.6 is 19.9 Å². The Hall–Kier alpha value is 0.740. The molecule has 0 aromatic heterocycles. The second-order valence-electron chi connectivity index (χ2n) is 9.69. The topological polar surface area (TPSA) is 9.23 Å². The van der Waals surface area contributed by atoms with E-state index in [-0.39, 0.29) is 8.15 Å². The van der Waals surface area contributed by atoms with E-state index in [1.54, 1.807) is 0 Å². The molecule has 2 fully saturated rings. The van der Waals surface area contributed by atoms with Gasteiger partial charge in [0.1, 0.15) is 0 Å². The molecule has 0 N–H and O–H groups in total. The Morgan fingerprint density at radius 1 is 0.800 bits per heavy atom. The lowest BCUT2D eigenvalue weighted by Gasteiger charge is -2.41. The lowest BCUT2D eigenvalue weighted by Crippen LogP contribution is -2.33. The first-order chi connectivity index (χ1) is 11.8. The van der Waals surface area contributed by atoms with Gasteiger partial charge in [-0.2, -0.15) is 0 Å². The molecule has 2 aliphatic carbocycles. The molecule has 0 amide bonds. The minimum Gasteiger partial charge on any atom is -0.355 e. The number of rotatable bonds is 7. The van der Waals surface area contributed by atoms with Crippen LogP contribution in [0.4, 0.5) is 0 Å². The fourth-order valence-corrected chi connectivity index (χ4v) is 9.20. The zero-order valence-corrected chi connectivity index (χ0v) is 19.4. The average molecular weight is 387 g/mol. The molecule has 0 radical (unpaired) electrons. The van der Waals surface area contributed by atoms with Gasteiger partial charge in [0, 0.05) is 29.5 Å². The van der Waals surface area contributed by atoms with E-state index in [0.29, 0.717) is 22.0 Å². The molecule has 0 aliphatic heterocycles. The first-order valence-corrected chi connectivity index (χ1v) is 13.2. The average Bonchev–Trinajstić information content (AvgIpc) is 2.58. The van der Waals surface area contributed by atoms with E-state index >= 15 is 0 Å². The summed E-state index contributed by atoms with van der Waals surface area (Å²) in [5, 5.41) is 0.609. The molecular formula is C22H43OPS. The normalized spacial score (nSPS) is 24.0. The van der Waals surface area contributed by atoms with Gasteiger partial charge in [0.15, 0.2) is 0 Å². The summed E-state index contributed by atoms with van der Waals surface area (Å²) >= 11 is 2.14. The van der Waals surface area contributed by atoms with E-state index in [1.165, 1.54) is 64.2 Å². The van der Waals surface area contributed by atoms with Crippen LogP contribution in [0.15, 0.2) is 0 Å². The summed E-state index contributed by atoms with van der Waals surface area (Å²) in [4.78, 5) is 0. The van der Waals surface area contributed by atoms with Crippen LogP contribution in [0.5, 0.6) is 0 Å². The maximum Gasteiger partial charge on any atom is 0.0711 e. The first-order valence-electron chi connectivity index (χ1n) is 10.9. The largest absolute Gasteiger partial charge is 0.355 e. The molecule has 0 heterocycles. The third-order valence-corrected chi connectivity index (χ3v) is 10.7. The van der Waals surface area contributed by atoms with Crippen LogP contribution in [0.25, 0.3) is 0 Å². The van der Waals surface area contributed by atoms with Crippen LogP contribution in [0.1, 0.15) is 106 Å². The molecular weight excluding hydrogens is 343 g/mol. The molecule has 0 aromatic rings. The van der Waals surface area contributed by atoms with E-state index in [4.69, 9.17) is 4.52 Å². The van der Waals surface area contributed by atoms with Gasteiger partial charge in [0.25, 0.3) is 0 Å². The quantitative estimate of drug-likeness (QED) is 0.410. The first kappa shape index (κ1) is 22.0. The van der Waals surface area contributed by atoms with Crippen molar-refractivity contribution in [2.75, 3.05) is 0 Å². The molecule has 0 saturated heterocycles. The molecule has 25 heavy (non-hydrogen) atoms. The lowest BCUT2D eigenvalue weighted by atomic mass is 10.00. The Kier molecular flexibility index (Phi) is 9.10. The maximum absolute atomic E-state index is 7.04. The predicted octanol–water partition coefficient (Wildman–Crippen LogP) is 8.01. The van der Waals surface area contributed by atoms with Crippen molar-refractivity contribution in [3.05, 3.63) is 0 Å². The van der Waals surface area contributed by atoms with Crippen molar-refractivity contribution in [1.82, 2.24) is 0 Å². The molecule has 0 unspecified atom stereocenters. The van der Waals surface area contributed by atoms with E-state index < -0.39 is 0 Å². The molecule has 0 aromatic carbocycles. The Balaban J connectivity index is 2.07. The SMILES string of the molecule is CC(C)[C@@H](SC(C)(C)C)[C@@H](C)OP(C1CCCCC1)C1CCCCC1. The van der Waals surface area contributed by atoms with Crippen molar-refractivity contribution in [3.8, 4) is 0 Å². The summed E-state index contributed by atoms with van der Waals surface area (Å²) in [6.45, 7) is 14.2. The Labute approximate surface area is 163 Å². The molecule has 2 atom stereocenters. The van der Waals surface area contributed by atoms with E-state index in [1.807, 2.05) is 0 Å². The molecule has 2 rings (SSSR count). The van der Waals surface area contributed by atoms with E-state index in [0.717, 1.165) is 11.3 Å². The molecule has 1 nitrogen and oxygen atoms in total. The highest BCUT2D eigenvalue weighted by Gasteiger charge is 2.36. The Morgan fingerprint density at radius 2 is 1.24 bits per heavy atom. The highest BCUT2D eigenvalue weighted by molar-refractivity contribution is 8.01. The van der Waals surface area contributed by atoms with Crippen LogP contribution in [0.2, 0.25) is 0 Å². The second-order valence-corrected chi connectivity index (χ2v) is 14.1. The highest BCUT2D eigenvalue weighted by atomic mass is 32.2. The zero-order valence-electron chi connectivity index (χ0n) is 17.7. The minimum atomic E-state index is -0.249. The van der Waals surface area contributed by atoms with Gasteiger partial charge in [0.2, 0.25) is 0 Å². The summed E-state index contributed by atoms with van der Waals surface area (Å²) in [6.07, 6.45) is 14.8. The van der Waals surface area contributed by atoms with Gasteiger partial charge >= 0.3 is 0 Å². The summed E-state index contributed by atoms with van der Waals surface area (Å²) in [5.74, 6) is 0.675. The van der Waals surface area contributed by atoms with E-state index in [9.17, 15) is 0 Å². The summed E-state index contributed by atoms with van der Waals surface area (Å²) in [5.41, 5.74) is 1.78. The van der Waals surface area contributed by atoms with Crippen molar-refractivity contribution in [1.29, 1.82) is 0 Å². The van der Waals surface area contributed by atoms with Gasteiger partial charge in [-0.15, -0.1) is 11.8 Å². The van der Waals surface area contributed by atoms with Crippen LogP contribution < -0.4 is 0 Å². The summed E-state index contributed by atoms with van der Waals surface area (Å²) in [6, 6.07) is 0. The van der Waals surface area contributed by atoms with Crippen molar-refractivity contribution < 1.29 is 4.52 Å². The van der Waals surface area contributed by atoms with Gasteiger partial charge in [-0.05, 0) is 38.5 Å².